The van der Waals surface area contributed by atoms with Gasteiger partial charge in [0, 0.05) is 16.2 Å². The summed E-state index contributed by atoms with van der Waals surface area (Å²) in [7, 11) is 1.44. The molecule has 8 heteroatoms. The van der Waals surface area contributed by atoms with Crippen molar-refractivity contribution in [1.29, 1.82) is 0 Å². The standard InChI is InChI=1S/C14H11BrClN3O3/c1-22-12-5-8(10(15)6-11(12)20)7-18-19-14(21)9-3-2-4-17-13(9)16/h2-7,20H,1H3,(H,19,21). The number of halogens is 2. The minimum Gasteiger partial charge on any atom is -0.504 e. The SMILES string of the molecule is COc1cc(C=NNC(=O)c2cccnc2Cl)c(Br)cc1O. The van der Waals surface area contributed by atoms with Gasteiger partial charge in [0.05, 0.1) is 18.9 Å². The quantitative estimate of drug-likeness (QED) is 0.482. The lowest BCUT2D eigenvalue weighted by Crippen LogP contribution is -2.18. The molecule has 6 nitrogen and oxygen atoms in total. The normalized spacial score (nSPS) is 10.7. The third-order valence-corrected chi connectivity index (χ3v) is 3.66. The van der Waals surface area contributed by atoms with E-state index in [9.17, 15) is 9.90 Å². The molecule has 0 aliphatic rings. The zero-order valence-electron chi connectivity index (χ0n) is 11.4. The van der Waals surface area contributed by atoms with Gasteiger partial charge < -0.3 is 9.84 Å². The number of phenolic OH excluding ortho intramolecular Hbond substituents is 1. The first-order valence-electron chi connectivity index (χ1n) is 6.03. The first-order chi connectivity index (χ1) is 10.5. The van der Waals surface area contributed by atoms with E-state index in [0.717, 1.165) is 0 Å². The molecule has 0 aliphatic heterocycles. The molecule has 0 atom stereocenters. The number of rotatable bonds is 4. The zero-order valence-corrected chi connectivity index (χ0v) is 13.7. The van der Waals surface area contributed by atoms with E-state index in [1.807, 2.05) is 0 Å². The molecule has 1 aromatic heterocycles. The summed E-state index contributed by atoms with van der Waals surface area (Å²) in [5, 5.41) is 13.6. The van der Waals surface area contributed by atoms with E-state index < -0.39 is 5.91 Å². The van der Waals surface area contributed by atoms with Gasteiger partial charge in [-0.3, -0.25) is 4.79 Å². The van der Waals surface area contributed by atoms with Gasteiger partial charge in [-0.1, -0.05) is 11.6 Å². The number of ether oxygens (including phenoxy) is 1. The van der Waals surface area contributed by atoms with Gasteiger partial charge in [-0.05, 0) is 40.2 Å². The first-order valence-corrected chi connectivity index (χ1v) is 7.20. The molecule has 2 rings (SSSR count). The van der Waals surface area contributed by atoms with Crippen molar-refractivity contribution >= 4 is 39.7 Å². The summed E-state index contributed by atoms with van der Waals surface area (Å²) >= 11 is 9.11. The Morgan fingerprint density at radius 3 is 3.00 bits per heavy atom. The number of hydrogen-bond acceptors (Lipinski definition) is 5. The summed E-state index contributed by atoms with van der Waals surface area (Å²) in [6.07, 6.45) is 2.90. The van der Waals surface area contributed by atoms with Gasteiger partial charge in [-0.25, -0.2) is 10.4 Å². The average molecular weight is 385 g/mol. The minimum absolute atomic E-state index is 0.00213. The molecule has 0 bridgehead atoms. The number of carbonyl (C=O) groups is 1. The van der Waals surface area contributed by atoms with E-state index in [0.29, 0.717) is 15.8 Å². The van der Waals surface area contributed by atoms with E-state index in [-0.39, 0.29) is 16.5 Å². The monoisotopic (exact) mass is 383 g/mol. The average Bonchev–Trinajstić information content (AvgIpc) is 2.49. The highest BCUT2D eigenvalue weighted by Crippen LogP contribution is 2.31. The van der Waals surface area contributed by atoms with Crippen LogP contribution >= 0.6 is 27.5 Å². The fourth-order valence-electron chi connectivity index (χ4n) is 1.60. The van der Waals surface area contributed by atoms with Crippen molar-refractivity contribution in [2.24, 2.45) is 5.10 Å². The van der Waals surface area contributed by atoms with Crippen LogP contribution in [0.25, 0.3) is 0 Å². The fourth-order valence-corrected chi connectivity index (χ4v) is 2.24. The molecule has 1 heterocycles. The summed E-state index contributed by atoms with van der Waals surface area (Å²) in [5.74, 6) is -0.180. The molecule has 2 aromatic rings. The van der Waals surface area contributed by atoms with E-state index in [4.69, 9.17) is 16.3 Å². The number of hydrazone groups is 1. The van der Waals surface area contributed by atoms with Crippen LogP contribution in [0.5, 0.6) is 11.5 Å². The number of aromatic hydroxyl groups is 1. The lowest BCUT2D eigenvalue weighted by molar-refractivity contribution is 0.0955. The number of aromatic nitrogens is 1. The molecule has 0 saturated carbocycles. The maximum atomic E-state index is 11.9. The van der Waals surface area contributed by atoms with E-state index in [1.54, 1.807) is 18.2 Å². The Labute approximate surface area is 139 Å². The van der Waals surface area contributed by atoms with Crippen LogP contribution in [0.1, 0.15) is 15.9 Å². The van der Waals surface area contributed by atoms with Crippen LogP contribution in [-0.2, 0) is 0 Å². The smallest absolute Gasteiger partial charge is 0.274 e. The van der Waals surface area contributed by atoms with Crippen molar-refractivity contribution in [2.75, 3.05) is 7.11 Å². The van der Waals surface area contributed by atoms with Gasteiger partial charge in [-0.2, -0.15) is 5.10 Å². The Morgan fingerprint density at radius 2 is 2.32 bits per heavy atom. The first kappa shape index (κ1) is 16.3. The Balaban J connectivity index is 2.13. The Kier molecular flexibility index (Phi) is 5.35. The summed E-state index contributed by atoms with van der Waals surface area (Å²) in [6, 6.07) is 6.19. The zero-order chi connectivity index (χ0) is 16.1. The number of nitrogens with zero attached hydrogens (tertiary/aromatic N) is 2. The molecule has 0 radical (unpaired) electrons. The van der Waals surface area contributed by atoms with E-state index in [2.05, 4.69) is 31.4 Å². The van der Waals surface area contributed by atoms with Crippen molar-refractivity contribution in [3.8, 4) is 11.5 Å². The number of nitrogens with one attached hydrogen (secondary N) is 1. The van der Waals surface area contributed by atoms with Gasteiger partial charge in [-0.15, -0.1) is 0 Å². The molecule has 1 amide bonds. The fraction of sp³-hybridized carbons (Fsp3) is 0.0714. The number of amides is 1. The van der Waals surface area contributed by atoms with E-state index in [1.165, 1.54) is 25.6 Å². The Hall–Kier alpha value is -2.12. The van der Waals surface area contributed by atoms with E-state index >= 15 is 0 Å². The second kappa shape index (κ2) is 7.24. The molecular formula is C14H11BrClN3O3. The topological polar surface area (TPSA) is 83.8 Å². The molecular weight excluding hydrogens is 374 g/mol. The van der Waals surface area contributed by atoms with Crippen LogP contribution in [0.2, 0.25) is 5.15 Å². The van der Waals surface area contributed by atoms with Gasteiger partial charge in [0.2, 0.25) is 0 Å². The Morgan fingerprint density at radius 1 is 1.55 bits per heavy atom. The van der Waals surface area contributed by atoms with Gasteiger partial charge in [0.1, 0.15) is 5.15 Å². The number of phenols is 1. The van der Waals surface area contributed by atoms with Crippen LogP contribution in [-0.4, -0.2) is 29.3 Å². The molecule has 114 valence electrons. The molecule has 0 saturated heterocycles. The van der Waals surface area contributed by atoms with Crippen molar-refractivity contribution in [3.05, 3.63) is 51.2 Å². The minimum atomic E-state index is -0.476. The van der Waals surface area contributed by atoms with Crippen molar-refractivity contribution in [1.82, 2.24) is 10.4 Å². The molecule has 0 aliphatic carbocycles. The van der Waals surface area contributed by atoms with Crippen molar-refractivity contribution < 1.29 is 14.6 Å². The largest absolute Gasteiger partial charge is 0.504 e. The molecule has 0 fully saturated rings. The van der Waals surface area contributed by atoms with Crippen LogP contribution in [0.15, 0.2) is 40.0 Å². The van der Waals surface area contributed by atoms with Gasteiger partial charge in [0.15, 0.2) is 11.5 Å². The Bertz CT molecular complexity index is 737. The van der Waals surface area contributed by atoms with Crippen LogP contribution in [0.3, 0.4) is 0 Å². The van der Waals surface area contributed by atoms with Crippen LogP contribution in [0, 0.1) is 0 Å². The highest BCUT2D eigenvalue weighted by Gasteiger charge is 2.10. The maximum Gasteiger partial charge on any atom is 0.274 e. The number of pyridine rings is 1. The van der Waals surface area contributed by atoms with Crippen LogP contribution in [0.4, 0.5) is 0 Å². The second-order valence-electron chi connectivity index (χ2n) is 4.09. The summed E-state index contributed by atoms with van der Waals surface area (Å²) in [4.78, 5) is 15.7. The predicted molar refractivity (Wildman–Crippen MR) is 86.7 cm³/mol. The number of hydrogen-bond donors (Lipinski definition) is 2. The summed E-state index contributed by atoms with van der Waals surface area (Å²) < 4.78 is 5.61. The van der Waals surface area contributed by atoms with Gasteiger partial charge >= 0.3 is 0 Å². The number of benzene rings is 1. The molecule has 2 N–H and O–H groups in total. The predicted octanol–water partition coefficient (Wildman–Crippen LogP) is 2.98. The molecule has 0 spiro atoms. The maximum absolute atomic E-state index is 11.9. The van der Waals surface area contributed by atoms with Crippen molar-refractivity contribution in [2.45, 2.75) is 0 Å². The lowest BCUT2D eigenvalue weighted by Gasteiger charge is -2.06. The van der Waals surface area contributed by atoms with Crippen LogP contribution < -0.4 is 10.2 Å². The highest BCUT2D eigenvalue weighted by molar-refractivity contribution is 9.10. The second-order valence-corrected chi connectivity index (χ2v) is 5.30. The third-order valence-electron chi connectivity index (χ3n) is 2.67. The number of methoxy groups -OCH3 is 1. The summed E-state index contributed by atoms with van der Waals surface area (Å²) in [5.41, 5.74) is 3.19. The molecule has 22 heavy (non-hydrogen) atoms. The van der Waals surface area contributed by atoms with Crippen molar-refractivity contribution in [3.63, 3.8) is 0 Å². The molecule has 1 aromatic carbocycles. The van der Waals surface area contributed by atoms with Gasteiger partial charge in [0.25, 0.3) is 5.91 Å². The summed E-state index contributed by atoms with van der Waals surface area (Å²) in [6.45, 7) is 0. The third kappa shape index (κ3) is 3.75. The lowest BCUT2D eigenvalue weighted by atomic mass is 10.2. The highest BCUT2D eigenvalue weighted by atomic mass is 79.9. The number of carbonyl (C=O) groups excluding carboxylic acids is 1. The molecule has 0 unspecified atom stereocenters.